The molecule has 1 saturated heterocycles. The maximum absolute atomic E-state index is 12.4. The molecular weight excluding hydrogens is 464 g/mol. The van der Waals surface area contributed by atoms with Crippen molar-refractivity contribution in [2.45, 2.75) is 25.3 Å². The van der Waals surface area contributed by atoms with Crippen molar-refractivity contribution in [3.63, 3.8) is 0 Å². The Labute approximate surface area is 215 Å². The summed E-state index contributed by atoms with van der Waals surface area (Å²) in [5, 5.41) is 10.5. The number of nitrogens with zero attached hydrogens (tertiary/aromatic N) is 7. The van der Waals surface area contributed by atoms with Gasteiger partial charge < -0.3 is 15.5 Å². The first-order chi connectivity index (χ1) is 18.0. The number of amides is 2. The molecule has 1 aliphatic rings. The van der Waals surface area contributed by atoms with E-state index in [4.69, 9.17) is 10.8 Å². The largest absolute Gasteiger partial charge is 0.382 e. The molecule has 2 amide bonds. The van der Waals surface area contributed by atoms with Crippen LogP contribution < -0.4 is 5.73 Å². The molecular formula is C28H30N8O. The van der Waals surface area contributed by atoms with E-state index in [1.54, 1.807) is 19.0 Å². The Morgan fingerprint density at radius 3 is 2.62 bits per heavy atom. The summed E-state index contributed by atoms with van der Waals surface area (Å²) in [5.41, 5.74) is 12.5. The zero-order chi connectivity index (χ0) is 25.5. The molecule has 4 heterocycles. The molecule has 37 heavy (non-hydrogen) atoms. The number of aromatic nitrogens is 5. The zero-order valence-electron chi connectivity index (χ0n) is 21.1. The van der Waals surface area contributed by atoms with E-state index >= 15 is 0 Å². The maximum Gasteiger partial charge on any atom is 0.319 e. The molecule has 9 nitrogen and oxygen atoms in total. The molecule has 6 rings (SSSR count). The van der Waals surface area contributed by atoms with Gasteiger partial charge in [-0.05, 0) is 36.1 Å². The van der Waals surface area contributed by atoms with Gasteiger partial charge in [-0.15, -0.1) is 0 Å². The number of nitrogen functional groups attached to an aromatic ring is 1. The standard InChI is InChI=1S/C28H30N8O/c1-33(2)28(37)34-12-10-20(11-13-34)25-15-23(26-27(29)30-18-31-36(25)26)21-8-9-22-17-35(32-24(22)14-21)16-19-6-4-3-5-7-19/h3-9,14-15,17-18,20H,10-13,16H2,1-2H3,(H2,29,30,31). The van der Waals surface area contributed by atoms with Gasteiger partial charge >= 0.3 is 6.03 Å². The predicted octanol–water partition coefficient (Wildman–Crippen LogP) is 4.24. The van der Waals surface area contributed by atoms with Crippen molar-refractivity contribution in [1.82, 2.24) is 34.2 Å². The van der Waals surface area contributed by atoms with Crippen LogP contribution in [0.1, 0.15) is 30.0 Å². The minimum Gasteiger partial charge on any atom is -0.382 e. The number of rotatable bonds is 4. The van der Waals surface area contributed by atoms with E-state index in [0.717, 1.165) is 65.7 Å². The number of piperidine rings is 1. The highest BCUT2D eigenvalue weighted by atomic mass is 16.2. The second-order valence-electron chi connectivity index (χ2n) is 9.91. The number of carbonyl (C=O) groups is 1. The fraction of sp³-hybridized carbons (Fsp3) is 0.286. The molecule has 0 spiro atoms. The molecule has 0 atom stereocenters. The minimum atomic E-state index is 0.0609. The quantitative estimate of drug-likeness (QED) is 0.403. The second-order valence-corrected chi connectivity index (χ2v) is 9.91. The lowest BCUT2D eigenvalue weighted by molar-refractivity contribution is 0.156. The van der Waals surface area contributed by atoms with Gasteiger partial charge in [0.15, 0.2) is 5.82 Å². The number of carbonyl (C=O) groups excluding carboxylic acids is 1. The van der Waals surface area contributed by atoms with Gasteiger partial charge in [0.2, 0.25) is 0 Å². The topological polar surface area (TPSA) is 97.6 Å². The first kappa shape index (κ1) is 23.0. The van der Waals surface area contributed by atoms with Gasteiger partial charge in [-0.25, -0.2) is 14.3 Å². The van der Waals surface area contributed by atoms with E-state index in [1.807, 2.05) is 32.3 Å². The average Bonchev–Trinajstić information content (AvgIpc) is 3.50. The monoisotopic (exact) mass is 494 g/mol. The van der Waals surface area contributed by atoms with Gasteiger partial charge in [-0.2, -0.15) is 10.2 Å². The number of hydrogen-bond donors (Lipinski definition) is 1. The fourth-order valence-corrected chi connectivity index (χ4v) is 5.34. The van der Waals surface area contributed by atoms with E-state index < -0.39 is 0 Å². The number of likely N-dealkylation sites (tertiary alicyclic amines) is 1. The molecule has 2 aromatic carbocycles. The van der Waals surface area contributed by atoms with Gasteiger partial charge in [0, 0.05) is 55.9 Å². The summed E-state index contributed by atoms with van der Waals surface area (Å²) in [5.74, 6) is 0.724. The van der Waals surface area contributed by atoms with Crippen LogP contribution in [0.5, 0.6) is 0 Å². The minimum absolute atomic E-state index is 0.0609. The van der Waals surface area contributed by atoms with E-state index in [1.165, 1.54) is 11.9 Å². The Morgan fingerprint density at radius 1 is 1.08 bits per heavy atom. The molecule has 0 aliphatic carbocycles. The van der Waals surface area contributed by atoms with Gasteiger partial charge in [0.1, 0.15) is 11.8 Å². The van der Waals surface area contributed by atoms with Crippen molar-refractivity contribution in [2.24, 2.45) is 0 Å². The number of anilines is 1. The van der Waals surface area contributed by atoms with Crippen molar-refractivity contribution < 1.29 is 4.79 Å². The molecule has 3 aromatic heterocycles. The third-order valence-electron chi connectivity index (χ3n) is 7.23. The molecule has 188 valence electrons. The Bertz CT molecular complexity index is 1580. The van der Waals surface area contributed by atoms with Crippen molar-refractivity contribution in [3.05, 3.63) is 78.4 Å². The Balaban J connectivity index is 1.34. The fourth-order valence-electron chi connectivity index (χ4n) is 5.34. The molecule has 0 radical (unpaired) electrons. The average molecular weight is 495 g/mol. The number of hydrogen-bond acceptors (Lipinski definition) is 5. The predicted molar refractivity (Wildman–Crippen MR) is 144 cm³/mol. The van der Waals surface area contributed by atoms with E-state index in [9.17, 15) is 4.79 Å². The highest BCUT2D eigenvalue weighted by Gasteiger charge is 2.28. The summed E-state index contributed by atoms with van der Waals surface area (Å²) >= 11 is 0. The third kappa shape index (κ3) is 4.26. The van der Waals surface area contributed by atoms with Crippen LogP contribution in [0, 0.1) is 0 Å². The normalized spacial score (nSPS) is 14.5. The highest BCUT2D eigenvalue weighted by Crippen LogP contribution is 2.37. The first-order valence-corrected chi connectivity index (χ1v) is 12.6. The number of urea groups is 1. The van der Waals surface area contributed by atoms with Crippen LogP contribution in [0.4, 0.5) is 10.6 Å². The Morgan fingerprint density at radius 2 is 1.86 bits per heavy atom. The van der Waals surface area contributed by atoms with Crippen LogP contribution in [0.25, 0.3) is 27.5 Å². The van der Waals surface area contributed by atoms with Crippen molar-refractivity contribution in [2.75, 3.05) is 32.9 Å². The maximum atomic E-state index is 12.4. The molecule has 9 heteroatoms. The van der Waals surface area contributed by atoms with E-state index in [-0.39, 0.29) is 11.9 Å². The first-order valence-electron chi connectivity index (χ1n) is 12.6. The van der Waals surface area contributed by atoms with Crippen molar-refractivity contribution in [3.8, 4) is 11.1 Å². The van der Waals surface area contributed by atoms with Crippen LogP contribution in [0.2, 0.25) is 0 Å². The third-order valence-corrected chi connectivity index (χ3v) is 7.23. The van der Waals surface area contributed by atoms with Gasteiger partial charge in [0.05, 0.1) is 12.1 Å². The lowest BCUT2D eigenvalue weighted by Crippen LogP contribution is -2.43. The lowest BCUT2D eigenvalue weighted by atomic mass is 9.93. The molecule has 5 aromatic rings. The van der Waals surface area contributed by atoms with Gasteiger partial charge in [0.25, 0.3) is 0 Å². The number of nitrogens with two attached hydrogens (primary N) is 1. The van der Waals surface area contributed by atoms with Gasteiger partial charge in [-0.3, -0.25) is 4.68 Å². The Kier molecular flexibility index (Phi) is 5.75. The van der Waals surface area contributed by atoms with Crippen LogP contribution in [0.15, 0.2) is 67.1 Å². The SMILES string of the molecule is CN(C)C(=O)N1CCC(c2cc(-c3ccc4cn(Cc5ccccc5)nc4c3)c3c(N)ncnn23)CC1. The molecule has 1 aliphatic heterocycles. The molecule has 2 N–H and O–H groups in total. The second kappa shape index (κ2) is 9.24. The highest BCUT2D eigenvalue weighted by molar-refractivity contribution is 5.92. The molecule has 1 fully saturated rings. The molecule has 0 unspecified atom stereocenters. The summed E-state index contributed by atoms with van der Waals surface area (Å²) in [7, 11) is 3.59. The van der Waals surface area contributed by atoms with E-state index in [0.29, 0.717) is 5.82 Å². The smallest absolute Gasteiger partial charge is 0.319 e. The zero-order valence-corrected chi connectivity index (χ0v) is 21.1. The van der Waals surface area contributed by atoms with Crippen molar-refractivity contribution in [1.29, 1.82) is 0 Å². The van der Waals surface area contributed by atoms with Crippen molar-refractivity contribution >= 4 is 28.3 Å². The van der Waals surface area contributed by atoms with Crippen LogP contribution >= 0.6 is 0 Å². The lowest BCUT2D eigenvalue weighted by Gasteiger charge is -2.33. The van der Waals surface area contributed by atoms with Crippen LogP contribution in [-0.2, 0) is 6.54 Å². The number of fused-ring (bicyclic) bond motifs is 2. The summed E-state index contributed by atoms with van der Waals surface area (Å²) in [6.45, 7) is 2.16. The van der Waals surface area contributed by atoms with Crippen LogP contribution in [0.3, 0.4) is 0 Å². The summed E-state index contributed by atoms with van der Waals surface area (Å²) < 4.78 is 3.91. The summed E-state index contributed by atoms with van der Waals surface area (Å²) in [6.07, 6.45) is 5.33. The van der Waals surface area contributed by atoms with Gasteiger partial charge in [-0.1, -0.05) is 42.5 Å². The summed E-state index contributed by atoms with van der Waals surface area (Å²) in [4.78, 5) is 20.2. The summed E-state index contributed by atoms with van der Waals surface area (Å²) in [6, 6.07) is 18.9. The molecule has 0 bridgehead atoms. The number of benzene rings is 2. The Hall–Kier alpha value is -4.40. The van der Waals surface area contributed by atoms with E-state index in [2.05, 4.69) is 52.7 Å². The molecule has 0 saturated carbocycles. The van der Waals surface area contributed by atoms with Crippen LogP contribution in [-0.4, -0.2) is 67.4 Å².